The van der Waals surface area contributed by atoms with Crippen LogP contribution >= 0.6 is 0 Å². The minimum atomic E-state index is -0.426. The summed E-state index contributed by atoms with van der Waals surface area (Å²) >= 11 is 0. The minimum Gasteiger partial charge on any atom is -0.347 e. The van der Waals surface area contributed by atoms with Crippen LogP contribution in [0, 0.1) is 19.8 Å². The van der Waals surface area contributed by atoms with Crippen LogP contribution < -0.4 is 10.6 Å². The molecule has 1 saturated heterocycles. The van der Waals surface area contributed by atoms with E-state index in [1.165, 1.54) is 0 Å². The molecule has 1 atom stereocenters. The molecular weight excluding hydrogens is 354 g/mol. The highest BCUT2D eigenvalue weighted by molar-refractivity contribution is 5.96. The van der Waals surface area contributed by atoms with E-state index in [9.17, 15) is 14.4 Å². The monoisotopic (exact) mass is 379 g/mol. The van der Waals surface area contributed by atoms with Crippen LogP contribution in [0.1, 0.15) is 23.1 Å². The van der Waals surface area contributed by atoms with Crippen LogP contribution in [-0.4, -0.2) is 35.7 Å². The third-order valence-corrected chi connectivity index (χ3v) is 5.10. The zero-order valence-corrected chi connectivity index (χ0v) is 16.2. The van der Waals surface area contributed by atoms with Gasteiger partial charge in [-0.2, -0.15) is 0 Å². The van der Waals surface area contributed by atoms with Gasteiger partial charge in [-0.3, -0.25) is 14.4 Å². The minimum absolute atomic E-state index is 0.0381. The van der Waals surface area contributed by atoms with Crippen molar-refractivity contribution in [3.8, 4) is 0 Å². The summed E-state index contributed by atoms with van der Waals surface area (Å²) in [6, 6.07) is 15.4. The highest BCUT2D eigenvalue weighted by Gasteiger charge is 2.34. The fraction of sp³-hybridized carbons (Fsp3) is 0.318. The van der Waals surface area contributed by atoms with Gasteiger partial charge in [0.25, 0.3) is 0 Å². The van der Waals surface area contributed by atoms with Gasteiger partial charge < -0.3 is 15.5 Å². The predicted octanol–water partition coefficient (Wildman–Crippen LogP) is 2.41. The first kappa shape index (κ1) is 19.6. The molecule has 0 radical (unpaired) electrons. The number of nitrogens with zero attached hydrogens (tertiary/aromatic N) is 1. The molecule has 1 fully saturated rings. The van der Waals surface area contributed by atoms with Crippen LogP contribution in [-0.2, 0) is 20.9 Å². The van der Waals surface area contributed by atoms with Crippen molar-refractivity contribution in [2.75, 3.05) is 18.4 Å². The van der Waals surface area contributed by atoms with Gasteiger partial charge in [0.15, 0.2) is 0 Å². The van der Waals surface area contributed by atoms with Gasteiger partial charge >= 0.3 is 0 Å². The first-order valence-corrected chi connectivity index (χ1v) is 9.39. The Bertz CT molecular complexity index is 880. The molecule has 1 aliphatic heterocycles. The largest absolute Gasteiger partial charge is 0.347 e. The van der Waals surface area contributed by atoms with Crippen LogP contribution in [0.4, 0.5) is 5.69 Å². The summed E-state index contributed by atoms with van der Waals surface area (Å²) in [5, 5.41) is 5.47. The van der Waals surface area contributed by atoms with Crippen molar-refractivity contribution in [2.45, 2.75) is 26.8 Å². The smallest absolute Gasteiger partial charge is 0.243 e. The highest BCUT2D eigenvalue weighted by Crippen LogP contribution is 2.20. The number of carbonyl (C=O) groups excluding carboxylic acids is 3. The topological polar surface area (TPSA) is 78.5 Å². The Morgan fingerprint density at radius 2 is 1.82 bits per heavy atom. The molecule has 2 N–H and O–H groups in total. The lowest BCUT2D eigenvalue weighted by Crippen LogP contribution is -2.37. The Kier molecular flexibility index (Phi) is 6.09. The number of aryl methyl sites for hydroxylation is 1. The Labute approximate surface area is 164 Å². The number of nitrogens with one attached hydrogen (secondary N) is 2. The third-order valence-electron chi connectivity index (χ3n) is 5.10. The number of amides is 3. The second-order valence-corrected chi connectivity index (χ2v) is 7.17. The van der Waals surface area contributed by atoms with Gasteiger partial charge in [-0.1, -0.05) is 42.5 Å². The summed E-state index contributed by atoms with van der Waals surface area (Å²) in [5.74, 6) is -1.01. The van der Waals surface area contributed by atoms with Crippen molar-refractivity contribution in [3.63, 3.8) is 0 Å². The third kappa shape index (κ3) is 4.76. The molecule has 0 spiro atoms. The van der Waals surface area contributed by atoms with Crippen molar-refractivity contribution >= 4 is 23.4 Å². The second kappa shape index (κ2) is 8.69. The molecule has 28 heavy (non-hydrogen) atoms. The number of carbonyl (C=O) groups is 3. The van der Waals surface area contributed by atoms with Crippen molar-refractivity contribution in [3.05, 3.63) is 65.2 Å². The Morgan fingerprint density at radius 3 is 2.57 bits per heavy atom. The van der Waals surface area contributed by atoms with Crippen molar-refractivity contribution in [1.29, 1.82) is 0 Å². The van der Waals surface area contributed by atoms with Gasteiger partial charge in [-0.25, -0.2) is 0 Å². The molecule has 2 aromatic rings. The van der Waals surface area contributed by atoms with E-state index in [-0.39, 0.29) is 30.7 Å². The molecule has 1 aliphatic rings. The average Bonchev–Trinajstić information content (AvgIpc) is 3.05. The summed E-state index contributed by atoms with van der Waals surface area (Å²) in [7, 11) is 0. The van der Waals surface area contributed by atoms with Crippen molar-refractivity contribution in [2.24, 2.45) is 5.92 Å². The van der Waals surface area contributed by atoms with Crippen molar-refractivity contribution in [1.82, 2.24) is 10.2 Å². The normalized spacial score (nSPS) is 16.1. The lowest BCUT2D eigenvalue weighted by molar-refractivity contribution is -0.129. The fourth-order valence-electron chi connectivity index (χ4n) is 3.30. The van der Waals surface area contributed by atoms with Gasteiger partial charge in [0.05, 0.1) is 12.5 Å². The summed E-state index contributed by atoms with van der Waals surface area (Å²) in [6.07, 6.45) is 0.178. The van der Waals surface area contributed by atoms with Gasteiger partial charge in [0.2, 0.25) is 17.7 Å². The Hall–Kier alpha value is -3.15. The van der Waals surface area contributed by atoms with Crippen LogP contribution in [0.25, 0.3) is 0 Å². The molecule has 146 valence electrons. The molecule has 3 rings (SSSR count). The quantitative estimate of drug-likeness (QED) is 0.809. The van der Waals surface area contributed by atoms with E-state index >= 15 is 0 Å². The predicted molar refractivity (Wildman–Crippen MR) is 108 cm³/mol. The summed E-state index contributed by atoms with van der Waals surface area (Å²) in [6.45, 7) is 4.67. The first-order valence-electron chi connectivity index (χ1n) is 9.39. The molecule has 6 nitrogen and oxygen atoms in total. The van der Waals surface area contributed by atoms with Crippen LogP contribution in [0.5, 0.6) is 0 Å². The molecule has 1 heterocycles. The maximum atomic E-state index is 12.4. The Morgan fingerprint density at radius 1 is 1.07 bits per heavy atom. The second-order valence-electron chi connectivity index (χ2n) is 7.17. The lowest BCUT2D eigenvalue weighted by atomic mass is 10.1. The number of rotatable bonds is 6. The molecule has 0 bridgehead atoms. The molecular formula is C22H25N3O3. The van der Waals surface area contributed by atoms with Crippen LogP contribution in [0.3, 0.4) is 0 Å². The number of likely N-dealkylation sites (tertiary alicyclic amines) is 1. The van der Waals surface area contributed by atoms with Gasteiger partial charge in [-0.15, -0.1) is 0 Å². The molecule has 0 saturated carbocycles. The zero-order valence-electron chi connectivity index (χ0n) is 16.2. The van der Waals surface area contributed by atoms with Gasteiger partial charge in [0.1, 0.15) is 0 Å². The van der Waals surface area contributed by atoms with E-state index in [2.05, 4.69) is 10.6 Å². The number of hydrogen-bond donors (Lipinski definition) is 2. The first-order chi connectivity index (χ1) is 13.4. The molecule has 0 unspecified atom stereocenters. The van der Waals surface area contributed by atoms with E-state index in [4.69, 9.17) is 0 Å². The molecule has 0 aliphatic carbocycles. The van der Waals surface area contributed by atoms with E-state index in [0.29, 0.717) is 13.1 Å². The Balaban J connectivity index is 1.49. The standard InChI is InChI=1S/C22H25N3O3/c1-15-7-6-10-19(16(15)2)24-20(26)12-23-22(28)18-11-21(27)25(14-18)13-17-8-4-3-5-9-17/h3-10,18H,11-14H2,1-2H3,(H,23,28)(H,24,26)/t18-/m0/s1. The fourth-order valence-corrected chi connectivity index (χ4v) is 3.30. The SMILES string of the molecule is Cc1cccc(NC(=O)CNC(=O)[C@H]2CC(=O)N(Cc3ccccc3)C2)c1C. The van der Waals surface area contributed by atoms with Gasteiger partial charge in [-0.05, 0) is 36.6 Å². The highest BCUT2D eigenvalue weighted by atomic mass is 16.2. The maximum Gasteiger partial charge on any atom is 0.243 e. The molecule has 6 heteroatoms. The lowest BCUT2D eigenvalue weighted by Gasteiger charge is -2.16. The number of anilines is 1. The van der Waals surface area contributed by atoms with E-state index in [1.54, 1.807) is 4.90 Å². The summed E-state index contributed by atoms with van der Waals surface area (Å²) in [5.41, 5.74) is 3.86. The van der Waals surface area contributed by atoms with Crippen LogP contribution in [0.15, 0.2) is 48.5 Å². The summed E-state index contributed by atoms with van der Waals surface area (Å²) < 4.78 is 0. The van der Waals surface area contributed by atoms with E-state index in [1.807, 2.05) is 62.4 Å². The van der Waals surface area contributed by atoms with Gasteiger partial charge in [0, 0.05) is 25.2 Å². The molecule has 0 aromatic heterocycles. The maximum absolute atomic E-state index is 12.4. The van der Waals surface area contributed by atoms with E-state index < -0.39 is 5.92 Å². The molecule has 3 amide bonds. The van der Waals surface area contributed by atoms with E-state index in [0.717, 1.165) is 22.4 Å². The van der Waals surface area contributed by atoms with Crippen molar-refractivity contribution < 1.29 is 14.4 Å². The zero-order chi connectivity index (χ0) is 20.1. The average molecular weight is 379 g/mol. The number of hydrogen-bond acceptors (Lipinski definition) is 3. The molecule has 2 aromatic carbocycles. The summed E-state index contributed by atoms with van der Waals surface area (Å²) in [4.78, 5) is 38.5. The van der Waals surface area contributed by atoms with Crippen LogP contribution in [0.2, 0.25) is 0 Å². The number of benzene rings is 2.